The normalized spacial score (nSPS) is 17.3. The number of carboxylic acids is 1. The molecule has 0 saturated carbocycles. The number of amidine groups is 1. The van der Waals surface area contributed by atoms with Gasteiger partial charge in [0.2, 0.25) is 5.91 Å². The summed E-state index contributed by atoms with van der Waals surface area (Å²) in [6, 6.07) is 3.67. The van der Waals surface area contributed by atoms with Gasteiger partial charge in [-0.25, -0.2) is 0 Å². The van der Waals surface area contributed by atoms with Crippen LogP contribution in [0, 0.1) is 0 Å². The maximum Gasteiger partial charge on any atom is 0.305 e. The number of benzene rings is 1. The van der Waals surface area contributed by atoms with Gasteiger partial charge in [-0.2, -0.15) is 5.10 Å². The number of carboxylic acid groups (broad SMARTS) is 1. The van der Waals surface area contributed by atoms with E-state index in [0.717, 1.165) is 22.9 Å². The van der Waals surface area contributed by atoms with E-state index in [2.05, 4.69) is 28.7 Å². The molecule has 2 N–H and O–H groups in total. The number of amides is 1. The van der Waals surface area contributed by atoms with Gasteiger partial charge in [0, 0.05) is 5.56 Å². The third kappa shape index (κ3) is 6.49. The fourth-order valence-electron chi connectivity index (χ4n) is 2.53. The SMILES string of the molecule is C=CCOc1c(CC=C)cc(C=NN=C2NC(=O)C(CC(=O)O)S2)cc1OCC. The van der Waals surface area contributed by atoms with Gasteiger partial charge in [0.25, 0.3) is 0 Å². The third-order valence-electron chi connectivity index (χ3n) is 3.66. The van der Waals surface area contributed by atoms with E-state index >= 15 is 0 Å². The number of rotatable bonds is 11. The molecule has 0 spiro atoms. The smallest absolute Gasteiger partial charge is 0.305 e. The van der Waals surface area contributed by atoms with Crippen LogP contribution in [-0.2, 0) is 16.0 Å². The highest BCUT2D eigenvalue weighted by Gasteiger charge is 2.32. The zero-order chi connectivity index (χ0) is 21.2. The van der Waals surface area contributed by atoms with Crippen molar-refractivity contribution in [2.24, 2.45) is 10.2 Å². The number of aliphatic carboxylic acids is 1. The molecule has 0 bridgehead atoms. The van der Waals surface area contributed by atoms with Crippen LogP contribution in [0.4, 0.5) is 0 Å². The molecule has 1 unspecified atom stereocenters. The number of hydrogen-bond acceptors (Lipinski definition) is 7. The van der Waals surface area contributed by atoms with Gasteiger partial charge in [0.05, 0.1) is 19.2 Å². The molecule has 8 nitrogen and oxygen atoms in total. The summed E-state index contributed by atoms with van der Waals surface area (Å²) in [5.74, 6) is -0.223. The number of carbonyl (C=O) groups is 2. The molecule has 1 saturated heterocycles. The average molecular weight is 417 g/mol. The minimum absolute atomic E-state index is 0.264. The first-order valence-electron chi connectivity index (χ1n) is 8.93. The number of nitrogens with one attached hydrogen (secondary N) is 1. The van der Waals surface area contributed by atoms with Crippen LogP contribution in [0.15, 0.2) is 47.6 Å². The molecule has 0 radical (unpaired) electrons. The van der Waals surface area contributed by atoms with Crippen LogP contribution < -0.4 is 14.8 Å². The molecule has 1 aliphatic rings. The van der Waals surface area contributed by atoms with Crippen LogP contribution in [0.3, 0.4) is 0 Å². The standard InChI is InChI=1S/C20H23N3O5S/c1-4-7-14-9-13(10-15(27-6-3)18(14)28-8-5-2)12-21-23-20-22-19(26)16(29-20)11-17(24)25/h4-5,9-10,12,16H,1-2,6-8,11H2,3H3,(H,24,25)(H,22,23,26). The van der Waals surface area contributed by atoms with Gasteiger partial charge in [-0.3, -0.25) is 9.59 Å². The van der Waals surface area contributed by atoms with Gasteiger partial charge in [-0.1, -0.05) is 30.5 Å². The average Bonchev–Trinajstić information content (AvgIpc) is 3.00. The first-order valence-corrected chi connectivity index (χ1v) is 9.81. The predicted octanol–water partition coefficient (Wildman–Crippen LogP) is 2.77. The lowest BCUT2D eigenvalue weighted by atomic mass is 10.1. The van der Waals surface area contributed by atoms with E-state index in [0.29, 0.717) is 31.1 Å². The summed E-state index contributed by atoms with van der Waals surface area (Å²) in [7, 11) is 0. The Morgan fingerprint density at radius 2 is 2.14 bits per heavy atom. The second-order valence-corrected chi connectivity index (χ2v) is 7.07. The van der Waals surface area contributed by atoms with Crippen molar-refractivity contribution in [1.82, 2.24) is 5.32 Å². The zero-order valence-corrected chi connectivity index (χ0v) is 16.9. The van der Waals surface area contributed by atoms with Gasteiger partial charge in [-0.15, -0.1) is 11.7 Å². The maximum atomic E-state index is 11.7. The summed E-state index contributed by atoms with van der Waals surface area (Å²) in [5.41, 5.74) is 1.61. The van der Waals surface area contributed by atoms with E-state index in [-0.39, 0.29) is 17.5 Å². The van der Waals surface area contributed by atoms with Gasteiger partial charge in [-0.05, 0) is 31.0 Å². The molecule has 1 aromatic carbocycles. The highest BCUT2D eigenvalue weighted by Crippen LogP contribution is 2.33. The summed E-state index contributed by atoms with van der Waals surface area (Å²) in [6.07, 6.45) is 5.25. The van der Waals surface area contributed by atoms with E-state index in [1.165, 1.54) is 6.21 Å². The first kappa shape index (κ1) is 22.2. The van der Waals surface area contributed by atoms with E-state index < -0.39 is 11.2 Å². The summed E-state index contributed by atoms with van der Waals surface area (Å²) in [4.78, 5) is 22.5. The Balaban J connectivity index is 2.23. The molecule has 1 aliphatic heterocycles. The van der Waals surface area contributed by atoms with Gasteiger partial charge < -0.3 is 19.9 Å². The molecule has 1 aromatic rings. The molecule has 2 rings (SSSR count). The third-order valence-corrected chi connectivity index (χ3v) is 4.73. The van der Waals surface area contributed by atoms with E-state index in [9.17, 15) is 9.59 Å². The molecule has 1 fully saturated rings. The van der Waals surface area contributed by atoms with Crippen molar-refractivity contribution < 1.29 is 24.2 Å². The van der Waals surface area contributed by atoms with Crippen LogP contribution >= 0.6 is 11.8 Å². The van der Waals surface area contributed by atoms with Crippen molar-refractivity contribution in [2.75, 3.05) is 13.2 Å². The Morgan fingerprint density at radius 3 is 2.79 bits per heavy atom. The molecule has 0 aliphatic carbocycles. The van der Waals surface area contributed by atoms with Crippen LogP contribution in [0.25, 0.3) is 0 Å². The Bertz CT molecular complexity index is 851. The van der Waals surface area contributed by atoms with Crippen LogP contribution in [0.5, 0.6) is 11.5 Å². The number of nitrogens with zero attached hydrogens (tertiary/aromatic N) is 2. The van der Waals surface area contributed by atoms with Crippen LogP contribution in [-0.4, -0.2) is 46.8 Å². The van der Waals surface area contributed by atoms with Crippen LogP contribution in [0.2, 0.25) is 0 Å². The fraction of sp³-hybridized carbons (Fsp3) is 0.300. The number of hydrogen-bond donors (Lipinski definition) is 2. The Morgan fingerprint density at radius 1 is 1.34 bits per heavy atom. The second kappa shape index (κ2) is 11.1. The Labute approximate surface area is 173 Å². The minimum atomic E-state index is -1.04. The molecule has 9 heteroatoms. The fourth-order valence-corrected chi connectivity index (χ4v) is 3.44. The largest absolute Gasteiger partial charge is 0.490 e. The van der Waals surface area contributed by atoms with Crippen molar-refractivity contribution in [3.8, 4) is 11.5 Å². The van der Waals surface area contributed by atoms with Crippen molar-refractivity contribution in [3.63, 3.8) is 0 Å². The number of ether oxygens (including phenoxy) is 2. The predicted molar refractivity (Wildman–Crippen MR) is 114 cm³/mol. The van der Waals surface area contributed by atoms with Crippen LogP contribution in [0.1, 0.15) is 24.5 Å². The lowest BCUT2D eigenvalue weighted by Crippen LogP contribution is -2.26. The highest BCUT2D eigenvalue weighted by atomic mass is 32.2. The quantitative estimate of drug-likeness (QED) is 0.325. The summed E-state index contributed by atoms with van der Waals surface area (Å²) < 4.78 is 11.5. The van der Waals surface area contributed by atoms with Crippen molar-refractivity contribution in [1.29, 1.82) is 0 Å². The molecular formula is C20H23N3O5S. The summed E-state index contributed by atoms with van der Waals surface area (Å²) in [5, 5.41) is 18.9. The molecule has 1 atom stereocenters. The van der Waals surface area contributed by atoms with Gasteiger partial charge in [0.15, 0.2) is 16.7 Å². The van der Waals surface area contributed by atoms with E-state index in [1.54, 1.807) is 18.2 Å². The van der Waals surface area contributed by atoms with Gasteiger partial charge >= 0.3 is 5.97 Å². The maximum absolute atomic E-state index is 11.7. The van der Waals surface area contributed by atoms with Crippen molar-refractivity contribution in [3.05, 3.63) is 48.6 Å². The van der Waals surface area contributed by atoms with Crippen molar-refractivity contribution >= 4 is 35.0 Å². The van der Waals surface area contributed by atoms with E-state index in [1.807, 2.05) is 13.0 Å². The lowest BCUT2D eigenvalue weighted by molar-refractivity contribution is -0.138. The second-order valence-electron chi connectivity index (χ2n) is 5.88. The molecule has 0 aromatic heterocycles. The molecule has 29 heavy (non-hydrogen) atoms. The zero-order valence-electron chi connectivity index (χ0n) is 16.1. The summed E-state index contributed by atoms with van der Waals surface area (Å²) in [6.45, 7) is 10.1. The number of thioether (sulfide) groups is 1. The molecule has 154 valence electrons. The molecular weight excluding hydrogens is 394 g/mol. The molecule has 1 amide bonds. The highest BCUT2D eigenvalue weighted by molar-refractivity contribution is 8.15. The lowest BCUT2D eigenvalue weighted by Gasteiger charge is -2.15. The monoisotopic (exact) mass is 417 g/mol. The van der Waals surface area contributed by atoms with E-state index in [4.69, 9.17) is 14.6 Å². The number of carbonyl (C=O) groups excluding carboxylic acids is 1. The number of allylic oxidation sites excluding steroid dienone is 1. The Kier molecular flexibility index (Phi) is 8.47. The summed E-state index contributed by atoms with van der Waals surface area (Å²) >= 11 is 1.04. The van der Waals surface area contributed by atoms with Gasteiger partial charge in [0.1, 0.15) is 11.9 Å². The van der Waals surface area contributed by atoms with Crippen molar-refractivity contribution in [2.45, 2.75) is 25.0 Å². The topological polar surface area (TPSA) is 110 Å². The first-order chi connectivity index (χ1) is 14.0. The Hall–Kier alpha value is -3.07. The molecule has 1 heterocycles. The minimum Gasteiger partial charge on any atom is -0.490 e.